The first-order valence-corrected chi connectivity index (χ1v) is 5.73. The zero-order valence-corrected chi connectivity index (χ0v) is 9.28. The smallest absolute Gasteiger partial charge is 0.220 e. The average molecular weight is 219 g/mol. The van der Waals surface area contributed by atoms with Crippen LogP contribution in [-0.4, -0.2) is 30.0 Å². The van der Waals surface area contributed by atoms with Crippen LogP contribution in [0, 0.1) is 0 Å². The molecule has 1 aliphatic heterocycles. The number of hydrogen-bond donors (Lipinski definition) is 2. The van der Waals surface area contributed by atoms with Crippen LogP contribution in [0.1, 0.15) is 18.4 Å². The molecule has 4 heteroatoms. The van der Waals surface area contributed by atoms with E-state index < -0.39 is 0 Å². The lowest BCUT2D eigenvalue weighted by Crippen LogP contribution is -2.36. The predicted molar refractivity (Wildman–Crippen MR) is 62.0 cm³/mol. The number of aryl methyl sites for hydroxylation is 1. The second-order valence-electron chi connectivity index (χ2n) is 4.11. The number of nitrogens with one attached hydrogen (secondary N) is 2. The third-order valence-corrected chi connectivity index (χ3v) is 2.82. The number of carbonyl (C=O) groups excluding carboxylic acids is 1. The third-order valence-electron chi connectivity index (χ3n) is 2.82. The molecule has 1 saturated heterocycles. The van der Waals surface area contributed by atoms with E-state index in [2.05, 4.69) is 15.6 Å². The van der Waals surface area contributed by atoms with Gasteiger partial charge in [-0.15, -0.1) is 0 Å². The van der Waals surface area contributed by atoms with Crippen molar-refractivity contribution < 1.29 is 4.79 Å². The molecule has 1 amide bonds. The highest BCUT2D eigenvalue weighted by Crippen LogP contribution is 2.02. The van der Waals surface area contributed by atoms with Crippen LogP contribution in [0.2, 0.25) is 0 Å². The van der Waals surface area contributed by atoms with E-state index in [4.69, 9.17) is 0 Å². The highest BCUT2D eigenvalue weighted by Gasteiger charge is 2.16. The van der Waals surface area contributed by atoms with Gasteiger partial charge in [-0.25, -0.2) is 0 Å². The fourth-order valence-electron chi connectivity index (χ4n) is 1.89. The molecule has 1 aliphatic rings. The van der Waals surface area contributed by atoms with Crippen molar-refractivity contribution in [2.45, 2.75) is 25.3 Å². The van der Waals surface area contributed by atoms with E-state index in [1.54, 1.807) is 12.4 Å². The molecule has 0 aliphatic carbocycles. The van der Waals surface area contributed by atoms with Gasteiger partial charge in [-0.1, -0.05) is 0 Å². The zero-order chi connectivity index (χ0) is 11.2. The number of rotatable bonds is 4. The Kier molecular flexibility index (Phi) is 3.88. The molecule has 0 bridgehead atoms. The molecule has 0 spiro atoms. The maximum Gasteiger partial charge on any atom is 0.220 e. The fourth-order valence-corrected chi connectivity index (χ4v) is 1.89. The van der Waals surface area contributed by atoms with Crippen LogP contribution in [0.15, 0.2) is 24.5 Å². The first-order chi connectivity index (χ1) is 7.84. The monoisotopic (exact) mass is 219 g/mol. The van der Waals surface area contributed by atoms with Crippen LogP contribution in [0.3, 0.4) is 0 Å². The van der Waals surface area contributed by atoms with Crippen LogP contribution in [0.4, 0.5) is 0 Å². The number of nitrogens with zero attached hydrogens (tertiary/aromatic N) is 1. The van der Waals surface area contributed by atoms with E-state index in [1.807, 2.05) is 12.1 Å². The molecule has 1 atom stereocenters. The summed E-state index contributed by atoms with van der Waals surface area (Å²) in [7, 11) is 0. The number of aromatic nitrogens is 1. The summed E-state index contributed by atoms with van der Waals surface area (Å²) in [4.78, 5) is 15.6. The molecule has 0 radical (unpaired) electrons. The second-order valence-corrected chi connectivity index (χ2v) is 4.11. The lowest BCUT2D eigenvalue weighted by molar-refractivity contribution is -0.121. The third kappa shape index (κ3) is 3.31. The fraction of sp³-hybridized carbons (Fsp3) is 0.500. The molecule has 0 unspecified atom stereocenters. The van der Waals surface area contributed by atoms with Crippen molar-refractivity contribution in [2.24, 2.45) is 0 Å². The van der Waals surface area contributed by atoms with Gasteiger partial charge in [0.1, 0.15) is 0 Å². The average Bonchev–Trinajstić information content (AvgIpc) is 2.81. The minimum Gasteiger partial charge on any atom is -0.352 e. The first-order valence-electron chi connectivity index (χ1n) is 5.73. The Balaban J connectivity index is 1.71. The van der Waals surface area contributed by atoms with Gasteiger partial charge < -0.3 is 10.6 Å². The van der Waals surface area contributed by atoms with Crippen molar-refractivity contribution in [1.29, 1.82) is 0 Å². The molecule has 2 N–H and O–H groups in total. The van der Waals surface area contributed by atoms with E-state index in [0.717, 1.165) is 31.5 Å². The first kappa shape index (κ1) is 11.1. The van der Waals surface area contributed by atoms with E-state index >= 15 is 0 Å². The number of hydrogen-bond acceptors (Lipinski definition) is 3. The van der Waals surface area contributed by atoms with Crippen LogP contribution >= 0.6 is 0 Å². The Morgan fingerprint density at radius 3 is 3.00 bits per heavy atom. The van der Waals surface area contributed by atoms with Crippen LogP contribution in [0.5, 0.6) is 0 Å². The summed E-state index contributed by atoms with van der Waals surface area (Å²) in [6.07, 6.45) is 5.90. The highest BCUT2D eigenvalue weighted by molar-refractivity contribution is 5.76. The molecule has 0 aromatic carbocycles. The number of pyridine rings is 1. The van der Waals surface area contributed by atoms with E-state index in [9.17, 15) is 4.79 Å². The lowest BCUT2D eigenvalue weighted by Gasteiger charge is -2.10. The highest BCUT2D eigenvalue weighted by atomic mass is 16.1. The Morgan fingerprint density at radius 2 is 2.31 bits per heavy atom. The van der Waals surface area contributed by atoms with E-state index in [1.165, 1.54) is 0 Å². The summed E-state index contributed by atoms with van der Waals surface area (Å²) < 4.78 is 0. The van der Waals surface area contributed by atoms with Gasteiger partial charge in [0.2, 0.25) is 5.91 Å². The topological polar surface area (TPSA) is 54.0 Å². The molecule has 1 aromatic heterocycles. The normalized spacial score (nSPS) is 19.6. The van der Waals surface area contributed by atoms with Crippen LogP contribution in [0.25, 0.3) is 0 Å². The minimum absolute atomic E-state index is 0.144. The Bertz CT molecular complexity index is 333. The van der Waals surface area contributed by atoms with Crippen molar-refractivity contribution in [1.82, 2.24) is 15.6 Å². The number of amides is 1. The van der Waals surface area contributed by atoms with Gasteiger partial charge in [0.05, 0.1) is 0 Å². The number of carbonyl (C=O) groups is 1. The quantitative estimate of drug-likeness (QED) is 0.775. The SMILES string of the molecule is O=C(CCc1ccncc1)N[C@@H]1CCNC1. The van der Waals surface area contributed by atoms with Gasteiger partial charge >= 0.3 is 0 Å². The minimum atomic E-state index is 0.144. The molecule has 2 heterocycles. The van der Waals surface area contributed by atoms with Gasteiger partial charge in [-0.3, -0.25) is 9.78 Å². The summed E-state index contributed by atoms with van der Waals surface area (Å²) in [5.74, 6) is 0.144. The largest absolute Gasteiger partial charge is 0.352 e. The summed E-state index contributed by atoms with van der Waals surface area (Å²) in [6, 6.07) is 4.22. The summed E-state index contributed by atoms with van der Waals surface area (Å²) in [5, 5.41) is 6.26. The standard InChI is InChI=1S/C12H17N3O/c16-12(15-11-5-8-14-9-11)2-1-10-3-6-13-7-4-10/h3-4,6-7,11,14H,1-2,5,8-9H2,(H,15,16)/t11-/m1/s1. The van der Waals surface area contributed by atoms with Crippen molar-refractivity contribution in [3.63, 3.8) is 0 Å². The predicted octanol–water partition coefficient (Wildman–Crippen LogP) is 0.492. The molecule has 1 aromatic rings. The molecule has 1 fully saturated rings. The molecule has 4 nitrogen and oxygen atoms in total. The Labute approximate surface area is 95.5 Å². The van der Waals surface area contributed by atoms with Crippen LogP contribution < -0.4 is 10.6 Å². The van der Waals surface area contributed by atoms with Gasteiger partial charge in [0, 0.05) is 31.4 Å². The Hall–Kier alpha value is -1.42. The summed E-state index contributed by atoms with van der Waals surface area (Å²) >= 11 is 0. The molecule has 16 heavy (non-hydrogen) atoms. The molecule has 86 valence electrons. The van der Waals surface area contributed by atoms with Crippen molar-refractivity contribution >= 4 is 5.91 Å². The maximum absolute atomic E-state index is 11.6. The maximum atomic E-state index is 11.6. The van der Waals surface area contributed by atoms with Gasteiger partial charge in [-0.2, -0.15) is 0 Å². The van der Waals surface area contributed by atoms with Crippen molar-refractivity contribution in [3.05, 3.63) is 30.1 Å². The lowest BCUT2D eigenvalue weighted by atomic mass is 10.1. The second kappa shape index (κ2) is 5.61. The van der Waals surface area contributed by atoms with E-state index in [0.29, 0.717) is 12.5 Å². The Morgan fingerprint density at radius 1 is 1.50 bits per heavy atom. The molecule has 0 saturated carbocycles. The molecule has 2 rings (SSSR count). The molecular weight excluding hydrogens is 202 g/mol. The van der Waals surface area contributed by atoms with Crippen molar-refractivity contribution in [2.75, 3.05) is 13.1 Å². The zero-order valence-electron chi connectivity index (χ0n) is 9.28. The summed E-state index contributed by atoms with van der Waals surface area (Å²) in [6.45, 7) is 1.91. The van der Waals surface area contributed by atoms with Crippen molar-refractivity contribution in [3.8, 4) is 0 Å². The van der Waals surface area contributed by atoms with Gasteiger partial charge in [0.15, 0.2) is 0 Å². The van der Waals surface area contributed by atoms with Gasteiger partial charge in [0.25, 0.3) is 0 Å². The van der Waals surface area contributed by atoms with E-state index in [-0.39, 0.29) is 5.91 Å². The summed E-state index contributed by atoms with van der Waals surface area (Å²) in [5.41, 5.74) is 1.16. The van der Waals surface area contributed by atoms with Gasteiger partial charge in [-0.05, 0) is 37.1 Å². The molecular formula is C12H17N3O. The van der Waals surface area contributed by atoms with Crippen LogP contribution in [-0.2, 0) is 11.2 Å².